The minimum absolute atomic E-state index is 0.0493. The molecular weight excluding hydrogens is 1490 g/mol. The van der Waals surface area contributed by atoms with Gasteiger partial charge in [0.25, 0.3) is 0 Å². The van der Waals surface area contributed by atoms with Gasteiger partial charge in [0.2, 0.25) is 14.9 Å². The van der Waals surface area contributed by atoms with Crippen LogP contribution in [-0.4, -0.2) is 186 Å². The van der Waals surface area contributed by atoms with Crippen LogP contribution in [0.25, 0.3) is 22.3 Å². The van der Waals surface area contributed by atoms with Crippen LogP contribution < -0.4 is 31.4 Å². The summed E-state index contributed by atoms with van der Waals surface area (Å²) in [5, 5.41) is 22.7. The third kappa shape index (κ3) is 34.5. The number of aliphatic hydroxyl groups excluding tert-OH is 1. The van der Waals surface area contributed by atoms with Gasteiger partial charge in [-0.05, 0) is 119 Å². The molecule has 0 saturated carbocycles. The van der Waals surface area contributed by atoms with Gasteiger partial charge in [0, 0.05) is 0 Å². The third-order valence-corrected chi connectivity index (χ3v) is 21.4. The fourth-order valence-electron chi connectivity index (χ4n) is 10.8. The van der Waals surface area contributed by atoms with Crippen LogP contribution in [0.3, 0.4) is 0 Å². The highest BCUT2D eigenvalue weighted by molar-refractivity contribution is 7.60. The van der Waals surface area contributed by atoms with E-state index in [0.29, 0.717) is 47.3 Å². The smallest absolute Gasteiger partial charge is 0.412 e. The van der Waals surface area contributed by atoms with Crippen molar-refractivity contribution in [2.45, 2.75) is 247 Å². The van der Waals surface area contributed by atoms with E-state index >= 15 is 0 Å². The second kappa shape index (κ2) is 49.3. The number of aromatic nitrogens is 8. The highest BCUT2D eigenvalue weighted by Crippen LogP contribution is 2.44. The molecule has 0 aliphatic carbocycles. The van der Waals surface area contributed by atoms with Crippen molar-refractivity contribution >= 4 is 90.8 Å². The number of fused-ring (bicyclic) bond motifs is 2. The topological polar surface area (TPSA) is 430 Å². The Morgan fingerprint density at radius 3 is 1.14 bits per heavy atom. The number of nitrogens with one attached hydrogen (secondary N) is 5. The van der Waals surface area contributed by atoms with Crippen LogP contribution in [0.2, 0.25) is 0 Å². The molecule has 1 amide bonds. The van der Waals surface area contributed by atoms with Gasteiger partial charge >= 0.3 is 41.9 Å². The minimum Gasteiger partial charge on any atom is -0.464 e. The number of carbonyl (C=O) groups is 7. The lowest BCUT2D eigenvalue weighted by atomic mass is 10.1. The zero-order chi connectivity index (χ0) is 82.8. The number of benzene rings is 2. The Morgan fingerprint density at radius 1 is 0.438 bits per heavy atom. The molecule has 0 fully saturated rings. The molecule has 112 heavy (non-hydrogen) atoms. The van der Waals surface area contributed by atoms with Gasteiger partial charge in [-0.25, -0.2) is 64.6 Å². The number of imidazole rings is 2. The van der Waals surface area contributed by atoms with Crippen LogP contribution >= 0.6 is 14.9 Å². The van der Waals surface area contributed by atoms with Crippen molar-refractivity contribution < 1.29 is 90.4 Å². The number of unbranched alkanes of at least 4 members (excludes halogenated alkanes) is 12. The number of anilines is 2. The number of esters is 6. The predicted octanol–water partition coefficient (Wildman–Crippen LogP) is 12.6. The van der Waals surface area contributed by atoms with E-state index in [1.165, 1.54) is 19.0 Å². The zero-order valence-electron chi connectivity index (χ0n) is 67.9. The first kappa shape index (κ1) is 96.0. The molecule has 6 aromatic rings. The summed E-state index contributed by atoms with van der Waals surface area (Å²) < 4.78 is 81.7. The number of nitrogen functional groups attached to an aromatic ring is 1. The summed E-state index contributed by atoms with van der Waals surface area (Å²) in [5.41, 5.74) is 2.97. The summed E-state index contributed by atoms with van der Waals surface area (Å²) in [6.07, 6.45) is 18.2. The van der Waals surface area contributed by atoms with Crippen LogP contribution in [-0.2, 0) is 84.0 Å². The van der Waals surface area contributed by atoms with Crippen LogP contribution in [0.5, 0.6) is 0 Å². The Balaban J connectivity index is 0.000000421. The van der Waals surface area contributed by atoms with Crippen LogP contribution in [0.1, 0.15) is 220 Å². The number of rotatable bonds is 50. The van der Waals surface area contributed by atoms with Gasteiger partial charge in [-0.2, -0.15) is 0 Å². The number of hydrogen-bond donors (Lipinski definition) is 7. The van der Waals surface area contributed by atoms with Crippen molar-refractivity contribution in [1.82, 2.24) is 59.4 Å². The van der Waals surface area contributed by atoms with E-state index in [-0.39, 0.29) is 82.9 Å². The Labute approximate surface area is 658 Å². The quantitative estimate of drug-likeness (QED) is 0.00807. The fourth-order valence-corrected chi connectivity index (χ4v) is 16.1. The van der Waals surface area contributed by atoms with Crippen molar-refractivity contribution in [3.05, 3.63) is 97.1 Å². The largest absolute Gasteiger partial charge is 0.464 e. The first-order valence-corrected chi connectivity index (χ1v) is 42.3. The molecule has 0 spiro atoms. The lowest BCUT2D eigenvalue weighted by molar-refractivity contribution is -0.150. The molecule has 4 heterocycles. The number of amides is 1. The van der Waals surface area contributed by atoms with Crippen molar-refractivity contribution in [2.75, 3.05) is 76.6 Å². The Morgan fingerprint density at radius 2 is 0.777 bits per heavy atom. The van der Waals surface area contributed by atoms with Gasteiger partial charge in [-0.1, -0.05) is 141 Å². The lowest BCUT2D eigenvalue weighted by Gasteiger charge is -2.35. The number of aliphatic hydroxyl groups is 1. The summed E-state index contributed by atoms with van der Waals surface area (Å²) in [6, 6.07) is 17.1. The normalized spacial score (nSPS) is 12.5. The first-order valence-electron chi connectivity index (χ1n) is 38.5. The molecule has 0 saturated heterocycles. The fraction of sp³-hybridized carbons (Fsp3) is 0.623. The SMILES string of the molecule is CCCCCCOC(=O)C(C)(C)NP(=O)(CO[C@H](C)Cn1cnc2c(N)ncnc21)NC(C)(C)C(=O)OCCCCCC.CCCCCCOC(=O)C(C)(C)NP(=O)(CO[C@H](C)Cn1cnc2c(NC(=O)OCCOC(=O)c3ccccc3)ncnc21)NC(C)(C)C(=O)OCCCCCC.O=C(OCCO)c1ccccc1. The molecule has 624 valence electrons. The molecule has 35 heteroatoms. The number of nitrogens with zero attached hydrogens (tertiary/aromatic N) is 8. The molecule has 6 rings (SSSR count). The second-order valence-corrected chi connectivity index (χ2v) is 33.4. The lowest BCUT2D eigenvalue weighted by Crippen LogP contribution is -2.54. The molecule has 2 aromatic carbocycles. The zero-order valence-corrected chi connectivity index (χ0v) is 69.7. The van der Waals surface area contributed by atoms with E-state index in [2.05, 4.69) is 88.0 Å². The third-order valence-electron chi connectivity index (χ3n) is 16.7. The molecule has 4 aromatic heterocycles. The second-order valence-electron chi connectivity index (χ2n) is 29.0. The number of ether oxygens (including phenoxy) is 9. The maximum Gasteiger partial charge on any atom is 0.412 e. The highest BCUT2D eigenvalue weighted by Gasteiger charge is 2.45. The summed E-state index contributed by atoms with van der Waals surface area (Å²) in [6.45, 7) is 25.7. The highest BCUT2D eigenvalue weighted by atomic mass is 31.2. The number of nitrogens with two attached hydrogens (primary N) is 1. The molecule has 0 aliphatic heterocycles. The number of hydrogen-bond acceptors (Lipinski definition) is 26. The van der Waals surface area contributed by atoms with Gasteiger partial charge < -0.3 is 62.6 Å². The summed E-state index contributed by atoms with van der Waals surface area (Å²) >= 11 is 0. The Bertz CT molecular complexity index is 3850. The maximum absolute atomic E-state index is 14.7. The number of carbonyl (C=O) groups excluding carboxylic acids is 7. The van der Waals surface area contributed by atoms with Crippen LogP contribution in [0, 0.1) is 0 Å². The van der Waals surface area contributed by atoms with E-state index in [0.717, 1.165) is 89.9 Å². The molecule has 8 N–H and O–H groups in total. The molecule has 33 nitrogen and oxygen atoms in total. The molecule has 2 atom stereocenters. The molecular formula is C77H122N14O19P2. The van der Waals surface area contributed by atoms with Crippen molar-refractivity contribution in [3.63, 3.8) is 0 Å². The molecule has 0 aliphatic rings. The molecule has 0 unspecified atom stereocenters. The van der Waals surface area contributed by atoms with Crippen molar-refractivity contribution in [1.29, 1.82) is 0 Å². The van der Waals surface area contributed by atoms with Crippen LogP contribution in [0.15, 0.2) is 86.0 Å². The van der Waals surface area contributed by atoms with Gasteiger partial charge in [0.15, 0.2) is 28.4 Å². The summed E-state index contributed by atoms with van der Waals surface area (Å²) in [7, 11) is -7.65. The van der Waals surface area contributed by atoms with E-state index in [1.807, 2.05) is 13.0 Å². The minimum atomic E-state index is -3.88. The summed E-state index contributed by atoms with van der Waals surface area (Å²) in [4.78, 5) is 113. The van der Waals surface area contributed by atoms with E-state index in [4.69, 9.17) is 48.7 Å². The van der Waals surface area contributed by atoms with Crippen molar-refractivity contribution in [3.8, 4) is 0 Å². The molecule has 0 radical (unpaired) electrons. The van der Waals surface area contributed by atoms with E-state index in [1.54, 1.807) is 132 Å². The van der Waals surface area contributed by atoms with E-state index in [9.17, 15) is 42.7 Å². The van der Waals surface area contributed by atoms with Crippen LogP contribution in [0.4, 0.5) is 16.4 Å². The standard InChI is InChI=1S/C39H60N7O10P.C29H52N7O6P.C9H10O3/c1-8-10-12-17-21-53-35(48)38(4,5)44-57(51,45-39(6,7)36(49)54-22-18-13-11-9-2)28-56-29(3)25-46-27-42-31-32(40-26-41-33(31)46)43-37(50)55-24-23-52-34(47)30-19-15-14-16-20-30;1-8-10-12-14-16-40-26(37)28(4,5)34-43(39,35-29(6,7)27(38)41-17-15-13-11-9-2)21-42-22(3)18-36-20-33-23-24(30)31-19-32-25(23)36;10-6-7-12-9(11)8-4-2-1-3-5-8/h14-16,19-20,26-27,29H,8-13,17-18,21-25,28H2,1-7H3,(H2,44,45,51)(H,40,41,43,50);19-20,22H,8-18,21H2,1-7H3,(H2,30,31,32)(H2,34,35,39);1-5,10H,6-7H2/t29-;22-;/m11./s1. The Kier molecular flexibility index (Phi) is 42.2. The average Bonchev–Trinajstić information content (AvgIpc) is 1.48. The predicted molar refractivity (Wildman–Crippen MR) is 426 cm³/mol. The van der Waals surface area contributed by atoms with Gasteiger partial charge in [0.1, 0.15) is 72.8 Å². The van der Waals surface area contributed by atoms with Crippen molar-refractivity contribution in [2.24, 2.45) is 0 Å². The average molecular weight is 1610 g/mol. The molecule has 0 bridgehead atoms. The maximum atomic E-state index is 14.7. The van der Waals surface area contributed by atoms with Gasteiger partial charge in [0.05, 0.1) is 82.1 Å². The first-order chi connectivity index (χ1) is 53.2. The summed E-state index contributed by atoms with van der Waals surface area (Å²) in [5.74, 6) is -2.83. The monoisotopic (exact) mass is 1610 g/mol. The van der Waals surface area contributed by atoms with Gasteiger partial charge in [-0.3, -0.25) is 33.6 Å². The van der Waals surface area contributed by atoms with E-state index < -0.39 is 97.5 Å². The van der Waals surface area contributed by atoms with Gasteiger partial charge in [-0.15, -0.1) is 0 Å². The Hall–Kier alpha value is -8.39.